The number of esters is 1. The fourth-order valence-electron chi connectivity index (χ4n) is 1.62. The molecule has 1 saturated heterocycles. The molecule has 2 amide bonds. The zero-order chi connectivity index (χ0) is 15.3. The zero-order valence-corrected chi connectivity index (χ0v) is 12.1. The van der Waals surface area contributed by atoms with E-state index in [0.29, 0.717) is 0 Å². The fraction of sp³-hybridized carbons (Fsp3) is 0.750. The third-order valence-corrected chi connectivity index (χ3v) is 2.43. The molecule has 1 aliphatic heterocycles. The van der Waals surface area contributed by atoms with Gasteiger partial charge in [-0.15, -0.1) is 0 Å². The summed E-state index contributed by atoms with van der Waals surface area (Å²) in [7, 11) is 1.21. The van der Waals surface area contributed by atoms with Crippen LogP contribution in [-0.2, 0) is 23.8 Å². The van der Waals surface area contributed by atoms with E-state index in [4.69, 9.17) is 9.47 Å². The minimum atomic E-state index is -0.884. The summed E-state index contributed by atoms with van der Waals surface area (Å²) in [5.41, 5.74) is -0.356. The molecule has 1 fully saturated rings. The second kappa shape index (κ2) is 6.56. The number of ether oxygens (including phenoxy) is 3. The maximum Gasteiger partial charge on any atom is 0.413 e. The second-order valence-electron chi connectivity index (χ2n) is 5.36. The Morgan fingerprint density at radius 3 is 2.65 bits per heavy atom. The molecule has 0 radical (unpaired) electrons. The Morgan fingerprint density at radius 2 is 2.10 bits per heavy atom. The van der Waals surface area contributed by atoms with Crippen molar-refractivity contribution >= 4 is 18.0 Å². The van der Waals surface area contributed by atoms with Crippen molar-refractivity contribution in [2.75, 3.05) is 27.1 Å². The SMILES string of the molecule is COC(=O)N1COC(=O)C1COCC(=O)NC(C)(C)C. The highest BCUT2D eigenvalue weighted by atomic mass is 16.6. The first-order chi connectivity index (χ1) is 9.24. The van der Waals surface area contributed by atoms with Gasteiger partial charge in [-0.05, 0) is 20.8 Å². The largest absolute Gasteiger partial charge is 0.453 e. The normalized spacial score (nSPS) is 18.7. The van der Waals surface area contributed by atoms with Gasteiger partial charge in [0.15, 0.2) is 12.8 Å². The molecule has 1 aliphatic rings. The Labute approximate surface area is 117 Å². The van der Waals surface area contributed by atoms with Gasteiger partial charge in [-0.3, -0.25) is 9.69 Å². The van der Waals surface area contributed by atoms with Crippen LogP contribution in [0.2, 0.25) is 0 Å². The molecule has 20 heavy (non-hydrogen) atoms. The Morgan fingerprint density at radius 1 is 1.45 bits per heavy atom. The number of carbonyl (C=O) groups is 3. The van der Waals surface area contributed by atoms with E-state index in [1.54, 1.807) is 0 Å². The first-order valence-electron chi connectivity index (χ1n) is 6.14. The Hall–Kier alpha value is -1.83. The van der Waals surface area contributed by atoms with Crippen LogP contribution in [0.15, 0.2) is 0 Å². The minimum Gasteiger partial charge on any atom is -0.453 e. The lowest BCUT2D eigenvalue weighted by molar-refractivity contribution is -0.141. The Kier molecular flexibility index (Phi) is 5.32. The molecular weight excluding hydrogens is 268 g/mol. The van der Waals surface area contributed by atoms with Crippen LogP contribution in [0.25, 0.3) is 0 Å². The van der Waals surface area contributed by atoms with Crippen LogP contribution in [-0.4, -0.2) is 61.5 Å². The van der Waals surface area contributed by atoms with Crippen molar-refractivity contribution < 1.29 is 28.6 Å². The number of hydrogen-bond donors (Lipinski definition) is 1. The molecule has 1 unspecified atom stereocenters. The van der Waals surface area contributed by atoms with E-state index >= 15 is 0 Å². The quantitative estimate of drug-likeness (QED) is 0.724. The Bertz CT molecular complexity index is 390. The van der Waals surface area contributed by atoms with Crippen molar-refractivity contribution in [3.8, 4) is 0 Å². The van der Waals surface area contributed by atoms with Crippen molar-refractivity contribution in [1.29, 1.82) is 0 Å². The number of methoxy groups -OCH3 is 1. The van der Waals surface area contributed by atoms with E-state index in [1.165, 1.54) is 7.11 Å². The molecule has 0 saturated carbocycles. The average Bonchev–Trinajstić information content (AvgIpc) is 2.68. The molecule has 8 nitrogen and oxygen atoms in total. The zero-order valence-electron chi connectivity index (χ0n) is 12.1. The first kappa shape index (κ1) is 16.2. The maximum absolute atomic E-state index is 11.5. The van der Waals surface area contributed by atoms with Crippen LogP contribution >= 0.6 is 0 Å². The lowest BCUT2D eigenvalue weighted by Crippen LogP contribution is -2.44. The van der Waals surface area contributed by atoms with E-state index in [-0.39, 0.29) is 31.4 Å². The van der Waals surface area contributed by atoms with Crippen LogP contribution in [0.4, 0.5) is 4.79 Å². The van der Waals surface area contributed by atoms with Gasteiger partial charge in [0.05, 0.1) is 13.7 Å². The van der Waals surface area contributed by atoms with Crippen molar-refractivity contribution in [3.63, 3.8) is 0 Å². The average molecular weight is 288 g/mol. The smallest absolute Gasteiger partial charge is 0.413 e. The van der Waals surface area contributed by atoms with Gasteiger partial charge in [-0.25, -0.2) is 9.59 Å². The molecule has 0 bridgehead atoms. The second-order valence-corrected chi connectivity index (χ2v) is 5.36. The van der Waals surface area contributed by atoms with Gasteiger partial charge >= 0.3 is 12.1 Å². The van der Waals surface area contributed by atoms with Gasteiger partial charge in [-0.1, -0.05) is 0 Å². The number of cyclic esters (lactones) is 1. The number of nitrogens with zero attached hydrogens (tertiary/aromatic N) is 1. The molecule has 1 heterocycles. The summed E-state index contributed by atoms with van der Waals surface area (Å²) in [4.78, 5) is 35.5. The van der Waals surface area contributed by atoms with Crippen LogP contribution in [0, 0.1) is 0 Å². The number of rotatable bonds is 4. The predicted molar refractivity (Wildman–Crippen MR) is 67.7 cm³/mol. The summed E-state index contributed by atoms with van der Waals surface area (Å²) in [6, 6.07) is -0.884. The number of nitrogens with one attached hydrogen (secondary N) is 1. The van der Waals surface area contributed by atoms with E-state index in [2.05, 4.69) is 10.1 Å². The van der Waals surface area contributed by atoms with Crippen LogP contribution < -0.4 is 5.32 Å². The summed E-state index contributed by atoms with van der Waals surface area (Å²) in [6.45, 7) is 5.05. The maximum atomic E-state index is 11.5. The lowest BCUT2D eigenvalue weighted by Gasteiger charge is -2.21. The van der Waals surface area contributed by atoms with Crippen LogP contribution in [0.5, 0.6) is 0 Å². The summed E-state index contributed by atoms with van der Waals surface area (Å²) in [6.07, 6.45) is -0.677. The van der Waals surface area contributed by atoms with Crippen molar-refractivity contribution in [2.45, 2.75) is 32.4 Å². The van der Waals surface area contributed by atoms with E-state index in [0.717, 1.165) is 4.90 Å². The molecule has 0 aromatic rings. The monoisotopic (exact) mass is 288 g/mol. The van der Waals surface area contributed by atoms with Gasteiger partial charge < -0.3 is 19.5 Å². The number of amides is 2. The summed E-state index contributed by atoms with van der Waals surface area (Å²) in [5.74, 6) is -0.875. The fourth-order valence-corrected chi connectivity index (χ4v) is 1.62. The van der Waals surface area contributed by atoms with Gasteiger partial charge in [0.1, 0.15) is 6.61 Å². The van der Waals surface area contributed by atoms with Crippen molar-refractivity contribution in [3.05, 3.63) is 0 Å². The topological polar surface area (TPSA) is 94.2 Å². The van der Waals surface area contributed by atoms with E-state index < -0.39 is 18.1 Å². The molecule has 0 aromatic heterocycles. The molecule has 8 heteroatoms. The molecule has 1 N–H and O–H groups in total. The Balaban J connectivity index is 2.41. The van der Waals surface area contributed by atoms with Crippen LogP contribution in [0.3, 0.4) is 0 Å². The summed E-state index contributed by atoms with van der Waals surface area (Å²) < 4.78 is 14.4. The van der Waals surface area contributed by atoms with Gasteiger partial charge in [0, 0.05) is 5.54 Å². The molecule has 114 valence electrons. The van der Waals surface area contributed by atoms with E-state index in [9.17, 15) is 14.4 Å². The molecule has 1 rings (SSSR count). The van der Waals surface area contributed by atoms with Gasteiger partial charge in [0.25, 0.3) is 0 Å². The number of hydrogen-bond acceptors (Lipinski definition) is 6. The molecule has 0 aliphatic carbocycles. The minimum absolute atomic E-state index is 0.120. The molecule has 0 aromatic carbocycles. The first-order valence-corrected chi connectivity index (χ1v) is 6.14. The summed E-state index contributed by atoms with van der Waals surface area (Å²) in [5, 5.41) is 2.72. The van der Waals surface area contributed by atoms with E-state index in [1.807, 2.05) is 20.8 Å². The third kappa shape index (κ3) is 4.69. The number of carbonyl (C=O) groups excluding carboxylic acids is 3. The molecular formula is C12H20N2O6. The van der Waals surface area contributed by atoms with Crippen molar-refractivity contribution in [2.24, 2.45) is 0 Å². The van der Waals surface area contributed by atoms with Gasteiger partial charge in [0.2, 0.25) is 5.91 Å². The lowest BCUT2D eigenvalue weighted by atomic mass is 10.1. The molecule has 0 spiro atoms. The van der Waals surface area contributed by atoms with Crippen LogP contribution in [0.1, 0.15) is 20.8 Å². The highest BCUT2D eigenvalue weighted by molar-refractivity contribution is 5.84. The third-order valence-electron chi connectivity index (χ3n) is 2.43. The van der Waals surface area contributed by atoms with Gasteiger partial charge in [-0.2, -0.15) is 0 Å². The predicted octanol–water partition coefficient (Wildman–Crippen LogP) is -0.131. The summed E-state index contributed by atoms with van der Waals surface area (Å²) >= 11 is 0. The highest BCUT2D eigenvalue weighted by Gasteiger charge is 2.38. The highest BCUT2D eigenvalue weighted by Crippen LogP contribution is 2.13. The van der Waals surface area contributed by atoms with Crippen molar-refractivity contribution in [1.82, 2.24) is 10.2 Å². The molecule has 1 atom stereocenters. The standard InChI is InChI=1S/C12H20N2O6/c1-12(2,3)13-9(15)6-19-5-8-10(16)20-7-14(8)11(17)18-4/h8H,5-7H2,1-4H3,(H,13,15).